The van der Waals surface area contributed by atoms with E-state index in [4.69, 9.17) is 5.73 Å². The van der Waals surface area contributed by atoms with Crippen LogP contribution in [-0.2, 0) is 6.54 Å². The Bertz CT molecular complexity index is 556. The van der Waals surface area contributed by atoms with Gasteiger partial charge in [-0.3, -0.25) is 0 Å². The summed E-state index contributed by atoms with van der Waals surface area (Å²) in [7, 11) is 0. The van der Waals surface area contributed by atoms with Gasteiger partial charge in [-0.1, -0.05) is 18.6 Å². The molecule has 3 rings (SSSR count). The van der Waals surface area contributed by atoms with E-state index >= 15 is 0 Å². The molecule has 1 aromatic carbocycles. The van der Waals surface area contributed by atoms with Gasteiger partial charge in [0, 0.05) is 17.8 Å². The van der Waals surface area contributed by atoms with Gasteiger partial charge in [0.1, 0.15) is 0 Å². The first-order valence-electron chi connectivity index (χ1n) is 6.37. The third kappa shape index (κ3) is 1.85. The number of rotatable bonds is 3. The summed E-state index contributed by atoms with van der Waals surface area (Å²) in [6.07, 6.45) is 3.89. The summed E-state index contributed by atoms with van der Waals surface area (Å²) in [5.41, 5.74) is 8.87. The Hall–Kier alpha value is -1.91. The highest BCUT2D eigenvalue weighted by Gasteiger charge is 2.21. The average Bonchev–Trinajstić information content (AvgIpc) is 2.75. The predicted octanol–water partition coefficient (Wildman–Crippen LogP) is 2.03. The molecule has 0 radical (unpaired) electrons. The van der Waals surface area contributed by atoms with E-state index in [-0.39, 0.29) is 0 Å². The van der Waals surface area contributed by atoms with Gasteiger partial charge < -0.3 is 5.73 Å². The zero-order chi connectivity index (χ0) is 12.5. The average molecular weight is 243 g/mol. The topological polar surface area (TPSA) is 69.6 Å². The van der Waals surface area contributed by atoms with Crippen molar-refractivity contribution >= 4 is 5.69 Å². The molecular formula is C13H17N5. The molecule has 0 saturated heterocycles. The van der Waals surface area contributed by atoms with Crippen LogP contribution in [0.4, 0.5) is 5.69 Å². The van der Waals surface area contributed by atoms with Crippen molar-refractivity contribution in [3.8, 4) is 11.4 Å². The number of tetrazole rings is 1. The Kier molecular flexibility index (Phi) is 2.74. The van der Waals surface area contributed by atoms with E-state index in [0.717, 1.165) is 35.1 Å². The van der Waals surface area contributed by atoms with E-state index < -0.39 is 0 Å². The Balaban J connectivity index is 1.95. The Morgan fingerprint density at radius 2 is 2.22 bits per heavy atom. The van der Waals surface area contributed by atoms with Crippen LogP contribution in [0.1, 0.15) is 24.8 Å². The number of hydrogen-bond acceptors (Lipinski definition) is 4. The van der Waals surface area contributed by atoms with Gasteiger partial charge in [-0.05, 0) is 47.7 Å². The summed E-state index contributed by atoms with van der Waals surface area (Å²) in [5.74, 6) is 1.50. The smallest absolute Gasteiger partial charge is 0.184 e. The molecule has 2 N–H and O–H groups in total. The van der Waals surface area contributed by atoms with Crippen LogP contribution in [0, 0.1) is 12.8 Å². The van der Waals surface area contributed by atoms with Crippen LogP contribution in [0.2, 0.25) is 0 Å². The monoisotopic (exact) mass is 243 g/mol. The van der Waals surface area contributed by atoms with Crippen LogP contribution in [0.15, 0.2) is 18.2 Å². The van der Waals surface area contributed by atoms with Gasteiger partial charge in [-0.2, -0.15) is 0 Å². The van der Waals surface area contributed by atoms with Gasteiger partial charge in [0.15, 0.2) is 5.82 Å². The summed E-state index contributed by atoms with van der Waals surface area (Å²) < 4.78 is 1.88. The molecule has 1 aromatic heterocycles. The SMILES string of the molecule is Cc1cccc(-c2nnnn2CC2CCC2)c1N. The zero-order valence-corrected chi connectivity index (χ0v) is 10.5. The highest BCUT2D eigenvalue weighted by atomic mass is 15.5. The van der Waals surface area contributed by atoms with Crippen molar-refractivity contribution in [3.05, 3.63) is 23.8 Å². The molecule has 0 unspecified atom stereocenters. The fourth-order valence-corrected chi connectivity index (χ4v) is 2.32. The maximum absolute atomic E-state index is 6.11. The fraction of sp³-hybridized carbons (Fsp3) is 0.462. The number of nitrogen functional groups attached to an aromatic ring is 1. The number of para-hydroxylation sites is 1. The number of benzene rings is 1. The van der Waals surface area contributed by atoms with Crippen molar-refractivity contribution in [2.45, 2.75) is 32.7 Å². The molecule has 0 spiro atoms. The summed E-state index contributed by atoms with van der Waals surface area (Å²) in [6.45, 7) is 2.90. The maximum Gasteiger partial charge on any atom is 0.184 e. The van der Waals surface area contributed by atoms with Crippen molar-refractivity contribution in [2.75, 3.05) is 5.73 Å². The van der Waals surface area contributed by atoms with Gasteiger partial charge in [-0.25, -0.2) is 4.68 Å². The van der Waals surface area contributed by atoms with E-state index in [9.17, 15) is 0 Å². The minimum atomic E-state index is 0.721. The minimum absolute atomic E-state index is 0.721. The number of aromatic nitrogens is 4. The lowest BCUT2D eigenvalue weighted by atomic mass is 9.85. The quantitative estimate of drug-likeness (QED) is 0.837. The third-order valence-electron chi connectivity index (χ3n) is 3.75. The highest BCUT2D eigenvalue weighted by Crippen LogP contribution is 2.30. The molecule has 0 aliphatic heterocycles. The minimum Gasteiger partial charge on any atom is -0.398 e. The lowest BCUT2D eigenvalue weighted by Gasteiger charge is -2.25. The molecule has 1 fully saturated rings. The summed E-state index contributed by atoms with van der Waals surface area (Å²) in [4.78, 5) is 0. The first-order chi connectivity index (χ1) is 8.75. The van der Waals surface area contributed by atoms with E-state index in [0.29, 0.717) is 0 Å². The first kappa shape index (κ1) is 11.2. The number of hydrogen-bond donors (Lipinski definition) is 1. The second-order valence-corrected chi connectivity index (χ2v) is 5.02. The van der Waals surface area contributed by atoms with E-state index in [1.165, 1.54) is 19.3 Å². The molecule has 1 saturated carbocycles. The molecule has 18 heavy (non-hydrogen) atoms. The standard InChI is InChI=1S/C13H17N5/c1-9-4-2-7-11(12(9)14)13-15-16-17-18(13)8-10-5-3-6-10/h2,4,7,10H,3,5-6,8,14H2,1H3. The first-order valence-corrected chi connectivity index (χ1v) is 6.37. The van der Waals surface area contributed by atoms with Gasteiger partial charge in [0.05, 0.1) is 0 Å². The number of nitrogens with two attached hydrogens (primary N) is 1. The molecule has 1 aliphatic carbocycles. The highest BCUT2D eigenvalue weighted by molar-refractivity contribution is 5.73. The van der Waals surface area contributed by atoms with Crippen LogP contribution in [-0.4, -0.2) is 20.2 Å². The number of anilines is 1. The van der Waals surface area contributed by atoms with Crippen LogP contribution in [0.25, 0.3) is 11.4 Å². The van der Waals surface area contributed by atoms with Crippen LogP contribution in [0.3, 0.4) is 0 Å². The fourth-order valence-electron chi connectivity index (χ4n) is 2.32. The lowest BCUT2D eigenvalue weighted by molar-refractivity contribution is 0.265. The summed E-state index contributed by atoms with van der Waals surface area (Å²) >= 11 is 0. The van der Waals surface area contributed by atoms with Gasteiger partial charge in [0.2, 0.25) is 0 Å². The Labute approximate surface area is 106 Å². The van der Waals surface area contributed by atoms with Crippen LogP contribution >= 0.6 is 0 Å². The molecule has 0 amide bonds. The van der Waals surface area contributed by atoms with Crippen molar-refractivity contribution in [2.24, 2.45) is 5.92 Å². The molecule has 0 bridgehead atoms. The Morgan fingerprint density at radius 3 is 2.94 bits per heavy atom. The second kappa shape index (κ2) is 4.40. The van der Waals surface area contributed by atoms with Gasteiger partial charge >= 0.3 is 0 Å². The number of aryl methyl sites for hydroxylation is 1. The molecule has 1 heterocycles. The summed E-state index contributed by atoms with van der Waals surface area (Å²) in [5, 5.41) is 12.0. The van der Waals surface area contributed by atoms with Crippen molar-refractivity contribution < 1.29 is 0 Å². The zero-order valence-electron chi connectivity index (χ0n) is 10.5. The van der Waals surface area contributed by atoms with Crippen molar-refractivity contribution in [1.29, 1.82) is 0 Å². The molecule has 5 heteroatoms. The molecular weight excluding hydrogens is 226 g/mol. The molecule has 0 atom stereocenters. The van der Waals surface area contributed by atoms with Crippen LogP contribution in [0.5, 0.6) is 0 Å². The second-order valence-electron chi connectivity index (χ2n) is 5.02. The molecule has 2 aromatic rings. The van der Waals surface area contributed by atoms with Gasteiger partial charge in [-0.15, -0.1) is 5.10 Å². The van der Waals surface area contributed by atoms with E-state index in [1.54, 1.807) is 0 Å². The third-order valence-corrected chi connectivity index (χ3v) is 3.75. The molecule has 94 valence electrons. The predicted molar refractivity (Wildman–Crippen MR) is 69.7 cm³/mol. The lowest BCUT2D eigenvalue weighted by Crippen LogP contribution is -2.19. The Morgan fingerprint density at radius 1 is 1.39 bits per heavy atom. The maximum atomic E-state index is 6.11. The largest absolute Gasteiger partial charge is 0.398 e. The van der Waals surface area contributed by atoms with Crippen molar-refractivity contribution in [1.82, 2.24) is 20.2 Å². The summed E-state index contributed by atoms with van der Waals surface area (Å²) in [6, 6.07) is 5.97. The number of nitrogens with zero attached hydrogens (tertiary/aromatic N) is 4. The van der Waals surface area contributed by atoms with Crippen molar-refractivity contribution in [3.63, 3.8) is 0 Å². The van der Waals surface area contributed by atoms with E-state index in [2.05, 4.69) is 15.5 Å². The van der Waals surface area contributed by atoms with Crippen LogP contribution < -0.4 is 5.73 Å². The van der Waals surface area contributed by atoms with E-state index in [1.807, 2.05) is 29.8 Å². The van der Waals surface area contributed by atoms with Gasteiger partial charge in [0.25, 0.3) is 0 Å². The molecule has 5 nitrogen and oxygen atoms in total. The molecule has 1 aliphatic rings. The normalized spacial score (nSPS) is 15.6.